The van der Waals surface area contributed by atoms with Gasteiger partial charge in [0.2, 0.25) is 0 Å². The highest BCUT2D eigenvalue weighted by atomic mass is 32.2. The molecule has 0 N–H and O–H groups in total. The molecule has 2 nitrogen and oxygen atoms in total. The number of nitrogens with zero attached hydrogens (tertiary/aromatic N) is 2. The summed E-state index contributed by atoms with van der Waals surface area (Å²) in [5, 5.41) is 2.54. The average molecular weight is 709 g/mol. The van der Waals surface area contributed by atoms with E-state index in [4.69, 9.17) is 0 Å². The van der Waals surface area contributed by atoms with Gasteiger partial charge >= 0.3 is 0 Å². The van der Waals surface area contributed by atoms with Crippen LogP contribution < -0.4 is 4.90 Å². The minimum absolute atomic E-state index is 0.0219. The molecule has 0 saturated heterocycles. The van der Waals surface area contributed by atoms with Gasteiger partial charge < -0.3 is 9.47 Å². The molecule has 11 rings (SSSR count). The smallest absolute Gasteiger partial charge is 0.0602 e. The lowest BCUT2D eigenvalue weighted by Crippen LogP contribution is -2.14. The Bertz CT molecular complexity index is 2950. The molecule has 0 saturated carbocycles. The van der Waals surface area contributed by atoms with Crippen LogP contribution in [-0.2, 0) is 5.41 Å². The zero-order chi connectivity index (χ0) is 36.0. The SMILES string of the molecule is CC1(C)c2ccccc2-c2cc(-n3c4ccccc4c4ccc(-c5cccc(-c6ccc7c(c6)Sc6ccccc6N7c6ccccc6)c5)cc43)ccc21. The van der Waals surface area contributed by atoms with Crippen LogP contribution in [0.1, 0.15) is 25.0 Å². The van der Waals surface area contributed by atoms with Gasteiger partial charge in [0.15, 0.2) is 0 Å². The third-order valence-corrected chi connectivity index (χ3v) is 12.7. The van der Waals surface area contributed by atoms with Crippen molar-refractivity contribution in [1.82, 2.24) is 4.57 Å². The zero-order valence-corrected chi connectivity index (χ0v) is 30.9. The van der Waals surface area contributed by atoms with Crippen molar-refractivity contribution in [2.45, 2.75) is 29.1 Å². The van der Waals surface area contributed by atoms with Crippen LogP contribution in [-0.4, -0.2) is 4.57 Å². The molecule has 0 bridgehead atoms. The number of aromatic nitrogens is 1. The first-order valence-corrected chi connectivity index (χ1v) is 19.5. The minimum Gasteiger partial charge on any atom is -0.309 e. The second kappa shape index (κ2) is 11.9. The number of fused-ring (bicyclic) bond motifs is 8. The van der Waals surface area contributed by atoms with Crippen LogP contribution in [0, 0.1) is 0 Å². The lowest BCUT2D eigenvalue weighted by Gasteiger charge is -2.33. The molecule has 3 heteroatoms. The average Bonchev–Trinajstić information content (AvgIpc) is 3.67. The third kappa shape index (κ3) is 4.68. The molecule has 1 aliphatic heterocycles. The van der Waals surface area contributed by atoms with E-state index in [0.717, 1.165) is 0 Å². The summed E-state index contributed by atoms with van der Waals surface area (Å²) >= 11 is 1.85. The van der Waals surface area contributed by atoms with Gasteiger partial charge in [-0.15, -0.1) is 0 Å². The Labute approximate surface area is 320 Å². The molecule has 9 aromatic rings. The summed E-state index contributed by atoms with van der Waals surface area (Å²) < 4.78 is 2.46. The second-order valence-electron chi connectivity index (χ2n) is 15.0. The van der Waals surface area contributed by atoms with Crippen molar-refractivity contribution in [3.63, 3.8) is 0 Å². The number of anilines is 3. The van der Waals surface area contributed by atoms with Gasteiger partial charge in [0.1, 0.15) is 0 Å². The van der Waals surface area contributed by atoms with E-state index in [0.29, 0.717) is 0 Å². The standard InChI is InChI=1S/C51H36N2S/c1-51(2)43-19-8-6-17-39(43)42-32-38(25-27-44(42)51)53-45-20-9-7-18-40(45)41-26-23-35(30-48(41)53)33-13-12-14-34(29-33)36-24-28-47-50(31-36)54-49-22-11-10-21-46(49)52(47)37-15-4-3-5-16-37/h3-32H,1-2H3. The maximum Gasteiger partial charge on any atom is 0.0602 e. The van der Waals surface area contributed by atoms with Crippen molar-refractivity contribution in [2.75, 3.05) is 4.90 Å². The van der Waals surface area contributed by atoms with Crippen molar-refractivity contribution >= 4 is 50.6 Å². The van der Waals surface area contributed by atoms with E-state index >= 15 is 0 Å². The van der Waals surface area contributed by atoms with Gasteiger partial charge in [-0.3, -0.25) is 0 Å². The van der Waals surface area contributed by atoms with Crippen LogP contribution in [0.15, 0.2) is 192 Å². The summed E-state index contributed by atoms with van der Waals surface area (Å²) in [6.45, 7) is 4.69. The fourth-order valence-corrected chi connectivity index (χ4v) is 10.0. The van der Waals surface area contributed by atoms with E-state index in [2.05, 4.69) is 205 Å². The molecule has 2 heterocycles. The normalized spacial score (nSPS) is 13.8. The zero-order valence-electron chi connectivity index (χ0n) is 30.1. The van der Waals surface area contributed by atoms with Crippen molar-refractivity contribution in [3.8, 4) is 39.1 Å². The lowest BCUT2D eigenvalue weighted by atomic mass is 9.82. The van der Waals surface area contributed by atoms with Crippen LogP contribution in [0.4, 0.5) is 17.1 Å². The van der Waals surface area contributed by atoms with Crippen LogP contribution >= 0.6 is 11.8 Å². The van der Waals surface area contributed by atoms with Gasteiger partial charge in [0.25, 0.3) is 0 Å². The molecule has 54 heavy (non-hydrogen) atoms. The van der Waals surface area contributed by atoms with E-state index in [1.54, 1.807) is 0 Å². The highest BCUT2D eigenvalue weighted by Crippen LogP contribution is 2.53. The highest BCUT2D eigenvalue weighted by Gasteiger charge is 2.35. The fourth-order valence-electron chi connectivity index (χ4n) is 8.95. The Kier molecular flexibility index (Phi) is 6.87. The van der Waals surface area contributed by atoms with Crippen molar-refractivity contribution in [2.24, 2.45) is 0 Å². The summed E-state index contributed by atoms with van der Waals surface area (Å²) in [6.07, 6.45) is 0. The largest absolute Gasteiger partial charge is 0.309 e. The predicted molar refractivity (Wildman–Crippen MR) is 228 cm³/mol. The molecule has 0 atom stereocenters. The number of rotatable bonds is 4. The topological polar surface area (TPSA) is 8.17 Å². The predicted octanol–water partition coefficient (Wildman–Crippen LogP) is 14.4. The van der Waals surface area contributed by atoms with Crippen LogP contribution in [0.25, 0.3) is 60.9 Å². The molecule has 0 unspecified atom stereocenters. The summed E-state index contributed by atoms with van der Waals surface area (Å²) in [7, 11) is 0. The fraction of sp³-hybridized carbons (Fsp3) is 0.0588. The first-order chi connectivity index (χ1) is 26.5. The maximum atomic E-state index is 2.46. The molecule has 0 spiro atoms. The van der Waals surface area contributed by atoms with Gasteiger partial charge in [-0.1, -0.05) is 141 Å². The van der Waals surface area contributed by atoms with Crippen LogP contribution in [0.5, 0.6) is 0 Å². The minimum atomic E-state index is -0.0219. The Morgan fingerprint density at radius 2 is 1.07 bits per heavy atom. The van der Waals surface area contributed by atoms with Crippen LogP contribution in [0.3, 0.4) is 0 Å². The van der Waals surface area contributed by atoms with Gasteiger partial charge in [-0.25, -0.2) is 0 Å². The number of para-hydroxylation sites is 3. The number of hydrogen-bond donors (Lipinski definition) is 0. The Hall–Kier alpha value is -6.29. The van der Waals surface area contributed by atoms with Gasteiger partial charge in [-0.05, 0) is 111 Å². The molecular formula is C51H36N2S. The van der Waals surface area contributed by atoms with E-state index < -0.39 is 0 Å². The first kappa shape index (κ1) is 31.3. The molecule has 8 aromatic carbocycles. The van der Waals surface area contributed by atoms with E-state index in [1.807, 2.05) is 11.8 Å². The lowest BCUT2D eigenvalue weighted by molar-refractivity contribution is 0.660. The van der Waals surface area contributed by atoms with E-state index in [1.165, 1.54) is 98.9 Å². The molecule has 1 aromatic heterocycles. The summed E-state index contributed by atoms with van der Waals surface area (Å²) in [5.74, 6) is 0. The Balaban J connectivity index is 1.02. The number of benzene rings is 8. The van der Waals surface area contributed by atoms with Crippen molar-refractivity contribution in [3.05, 3.63) is 193 Å². The quantitative estimate of drug-likeness (QED) is 0.180. The van der Waals surface area contributed by atoms with Gasteiger partial charge in [-0.2, -0.15) is 0 Å². The van der Waals surface area contributed by atoms with Crippen molar-refractivity contribution in [1.29, 1.82) is 0 Å². The molecule has 2 aliphatic rings. The summed E-state index contributed by atoms with van der Waals surface area (Å²) in [5.41, 5.74) is 17.5. The summed E-state index contributed by atoms with van der Waals surface area (Å²) in [4.78, 5) is 4.91. The van der Waals surface area contributed by atoms with Gasteiger partial charge in [0, 0.05) is 37.4 Å². The molecule has 0 radical (unpaired) electrons. The first-order valence-electron chi connectivity index (χ1n) is 18.7. The van der Waals surface area contributed by atoms with Gasteiger partial charge in [0.05, 0.1) is 22.4 Å². The Morgan fingerprint density at radius 3 is 1.96 bits per heavy atom. The van der Waals surface area contributed by atoms with E-state index in [9.17, 15) is 0 Å². The van der Waals surface area contributed by atoms with Crippen molar-refractivity contribution < 1.29 is 0 Å². The monoisotopic (exact) mass is 708 g/mol. The molecule has 1 aliphatic carbocycles. The van der Waals surface area contributed by atoms with Crippen LogP contribution in [0.2, 0.25) is 0 Å². The van der Waals surface area contributed by atoms with E-state index in [-0.39, 0.29) is 5.41 Å². The molecule has 0 amide bonds. The molecule has 256 valence electrons. The molecule has 0 fully saturated rings. The number of hydrogen-bond acceptors (Lipinski definition) is 2. The third-order valence-electron chi connectivity index (χ3n) is 11.6. The molecular weight excluding hydrogens is 673 g/mol. The second-order valence-corrected chi connectivity index (χ2v) is 16.1. The highest BCUT2D eigenvalue weighted by molar-refractivity contribution is 7.99. The summed E-state index contributed by atoms with van der Waals surface area (Å²) in [6, 6.07) is 67.1. The Morgan fingerprint density at radius 1 is 0.407 bits per heavy atom. The maximum absolute atomic E-state index is 2.46.